The minimum absolute atomic E-state index is 0.115. The van der Waals surface area contributed by atoms with Crippen molar-refractivity contribution in [2.45, 2.75) is 18.9 Å². The van der Waals surface area contributed by atoms with Crippen LogP contribution in [0.25, 0.3) is 0 Å². The molecule has 0 radical (unpaired) electrons. The zero-order valence-corrected chi connectivity index (χ0v) is 14.3. The van der Waals surface area contributed by atoms with Crippen LogP contribution in [0, 0.1) is 5.82 Å². The maximum atomic E-state index is 13.5. The van der Waals surface area contributed by atoms with Crippen LogP contribution in [0.5, 0.6) is 11.5 Å². The van der Waals surface area contributed by atoms with Gasteiger partial charge in [0, 0.05) is 18.3 Å². The van der Waals surface area contributed by atoms with E-state index in [1.807, 2.05) is 6.07 Å². The van der Waals surface area contributed by atoms with Gasteiger partial charge in [-0.3, -0.25) is 0 Å². The summed E-state index contributed by atoms with van der Waals surface area (Å²) in [6.07, 6.45) is 1.71. The first-order valence-electron chi connectivity index (χ1n) is 8.17. The van der Waals surface area contributed by atoms with Crippen LogP contribution in [0.15, 0.2) is 42.5 Å². The molecule has 1 saturated heterocycles. The summed E-state index contributed by atoms with van der Waals surface area (Å²) in [6.45, 7) is 0.639. The predicted octanol–water partition coefficient (Wildman–Crippen LogP) is 4.21. The number of methoxy groups -OCH3 is 2. The molecule has 5 nitrogen and oxygen atoms in total. The van der Waals surface area contributed by atoms with E-state index in [-0.39, 0.29) is 17.9 Å². The highest BCUT2D eigenvalue weighted by Gasteiger charge is 2.30. The van der Waals surface area contributed by atoms with E-state index in [0.717, 1.165) is 18.4 Å². The average Bonchev–Trinajstić information content (AvgIpc) is 3.11. The smallest absolute Gasteiger partial charge is 0.322 e. The van der Waals surface area contributed by atoms with Gasteiger partial charge in [-0.25, -0.2) is 9.18 Å². The number of hydrogen-bond acceptors (Lipinski definition) is 3. The van der Waals surface area contributed by atoms with E-state index >= 15 is 0 Å². The van der Waals surface area contributed by atoms with Gasteiger partial charge in [-0.1, -0.05) is 12.1 Å². The molecule has 0 aromatic heterocycles. The van der Waals surface area contributed by atoms with Crippen LogP contribution in [0.3, 0.4) is 0 Å². The molecule has 25 heavy (non-hydrogen) atoms. The molecule has 2 aromatic rings. The fraction of sp³-hybridized carbons (Fsp3) is 0.316. The van der Waals surface area contributed by atoms with Gasteiger partial charge in [0.15, 0.2) is 11.5 Å². The maximum absolute atomic E-state index is 13.5. The van der Waals surface area contributed by atoms with Crippen molar-refractivity contribution in [2.24, 2.45) is 0 Å². The number of anilines is 1. The quantitative estimate of drug-likeness (QED) is 0.904. The summed E-state index contributed by atoms with van der Waals surface area (Å²) in [7, 11) is 3.10. The Morgan fingerprint density at radius 1 is 1.16 bits per heavy atom. The molecule has 0 spiro atoms. The van der Waals surface area contributed by atoms with E-state index in [0.29, 0.717) is 23.7 Å². The van der Waals surface area contributed by atoms with Gasteiger partial charge in [0.05, 0.1) is 20.3 Å². The Morgan fingerprint density at radius 2 is 1.96 bits per heavy atom. The molecule has 0 saturated carbocycles. The fourth-order valence-electron chi connectivity index (χ4n) is 3.18. The lowest BCUT2D eigenvalue weighted by molar-refractivity contribution is 0.207. The molecule has 1 atom stereocenters. The monoisotopic (exact) mass is 344 g/mol. The van der Waals surface area contributed by atoms with Crippen molar-refractivity contribution in [1.82, 2.24) is 4.90 Å². The maximum Gasteiger partial charge on any atom is 0.322 e. The summed E-state index contributed by atoms with van der Waals surface area (Å²) < 4.78 is 24.0. The van der Waals surface area contributed by atoms with Gasteiger partial charge in [0.25, 0.3) is 0 Å². The molecular formula is C19H21FN2O3. The van der Waals surface area contributed by atoms with Gasteiger partial charge in [0.1, 0.15) is 5.82 Å². The molecule has 1 aliphatic heterocycles. The van der Waals surface area contributed by atoms with Crippen LogP contribution in [0.2, 0.25) is 0 Å². The normalized spacial score (nSPS) is 16.6. The molecule has 132 valence electrons. The van der Waals surface area contributed by atoms with E-state index in [1.165, 1.54) is 12.1 Å². The van der Waals surface area contributed by atoms with E-state index in [1.54, 1.807) is 43.4 Å². The number of halogens is 1. The van der Waals surface area contributed by atoms with Gasteiger partial charge in [-0.05, 0) is 42.7 Å². The Balaban J connectivity index is 1.76. The second-order valence-electron chi connectivity index (χ2n) is 5.91. The standard InChI is InChI=1S/C19H21FN2O3/c1-24-17-9-8-15(12-18(17)25-2)21-19(23)22-10-4-7-16(22)13-5-3-6-14(20)11-13/h3,5-6,8-9,11-12,16H,4,7,10H2,1-2H3,(H,21,23). The number of hydrogen-bond donors (Lipinski definition) is 1. The molecule has 3 rings (SSSR count). The number of nitrogens with one attached hydrogen (secondary N) is 1. The molecule has 1 N–H and O–H groups in total. The Hall–Kier alpha value is -2.76. The summed E-state index contributed by atoms with van der Waals surface area (Å²) in [6, 6.07) is 11.3. The highest BCUT2D eigenvalue weighted by atomic mass is 19.1. The molecule has 1 fully saturated rings. The number of carbonyl (C=O) groups excluding carboxylic acids is 1. The van der Waals surface area contributed by atoms with Gasteiger partial charge >= 0.3 is 6.03 Å². The minimum atomic E-state index is -0.287. The number of benzene rings is 2. The molecule has 1 heterocycles. The third-order valence-electron chi connectivity index (χ3n) is 4.38. The van der Waals surface area contributed by atoms with E-state index < -0.39 is 0 Å². The largest absolute Gasteiger partial charge is 0.493 e. The zero-order chi connectivity index (χ0) is 17.8. The molecule has 6 heteroatoms. The topological polar surface area (TPSA) is 50.8 Å². The molecular weight excluding hydrogens is 323 g/mol. The first kappa shape index (κ1) is 17.1. The summed E-state index contributed by atoms with van der Waals surface area (Å²) in [5.41, 5.74) is 1.44. The molecule has 2 amide bonds. The van der Waals surface area contributed by atoms with Crippen molar-refractivity contribution in [2.75, 3.05) is 26.1 Å². The molecule has 1 aliphatic rings. The van der Waals surface area contributed by atoms with E-state index in [4.69, 9.17) is 9.47 Å². The van der Waals surface area contributed by atoms with Gasteiger partial charge in [-0.15, -0.1) is 0 Å². The van der Waals surface area contributed by atoms with Crippen molar-refractivity contribution in [1.29, 1.82) is 0 Å². The summed E-state index contributed by atoms with van der Waals surface area (Å²) in [5, 5.41) is 2.88. The van der Waals surface area contributed by atoms with Crippen LogP contribution in [-0.2, 0) is 0 Å². The van der Waals surface area contributed by atoms with E-state index in [9.17, 15) is 9.18 Å². The minimum Gasteiger partial charge on any atom is -0.493 e. The lowest BCUT2D eigenvalue weighted by atomic mass is 10.0. The van der Waals surface area contributed by atoms with Crippen molar-refractivity contribution in [3.63, 3.8) is 0 Å². The van der Waals surface area contributed by atoms with Crippen LogP contribution < -0.4 is 14.8 Å². The third kappa shape index (κ3) is 3.68. The van der Waals surface area contributed by atoms with Gasteiger partial charge < -0.3 is 19.7 Å². The first-order chi connectivity index (χ1) is 12.1. The van der Waals surface area contributed by atoms with Crippen LogP contribution in [0.4, 0.5) is 14.9 Å². The zero-order valence-electron chi connectivity index (χ0n) is 14.3. The molecule has 0 aliphatic carbocycles. The summed E-state index contributed by atoms with van der Waals surface area (Å²) in [4.78, 5) is 14.4. The number of amides is 2. The number of rotatable bonds is 4. The van der Waals surface area contributed by atoms with Crippen molar-refractivity contribution >= 4 is 11.7 Å². The Bertz CT molecular complexity index is 766. The number of likely N-dealkylation sites (tertiary alicyclic amines) is 1. The fourth-order valence-corrected chi connectivity index (χ4v) is 3.18. The predicted molar refractivity (Wildman–Crippen MR) is 93.6 cm³/mol. The molecule has 2 aromatic carbocycles. The molecule has 1 unspecified atom stereocenters. The van der Waals surface area contributed by atoms with Gasteiger partial charge in [0.2, 0.25) is 0 Å². The van der Waals surface area contributed by atoms with Crippen molar-refractivity contribution in [3.8, 4) is 11.5 Å². The van der Waals surface area contributed by atoms with Gasteiger partial charge in [-0.2, -0.15) is 0 Å². The Morgan fingerprint density at radius 3 is 2.68 bits per heavy atom. The number of carbonyl (C=O) groups is 1. The number of urea groups is 1. The second kappa shape index (κ2) is 7.42. The van der Waals surface area contributed by atoms with E-state index in [2.05, 4.69) is 5.32 Å². The summed E-state index contributed by atoms with van der Waals surface area (Å²) in [5.74, 6) is 0.854. The third-order valence-corrected chi connectivity index (χ3v) is 4.38. The second-order valence-corrected chi connectivity index (χ2v) is 5.91. The van der Waals surface area contributed by atoms with Crippen molar-refractivity contribution in [3.05, 3.63) is 53.8 Å². The number of ether oxygens (including phenoxy) is 2. The van der Waals surface area contributed by atoms with Crippen molar-refractivity contribution < 1.29 is 18.7 Å². The average molecular weight is 344 g/mol. The van der Waals surface area contributed by atoms with Crippen LogP contribution in [0.1, 0.15) is 24.4 Å². The highest BCUT2D eigenvalue weighted by Crippen LogP contribution is 2.34. The Labute approximate surface area is 146 Å². The molecule has 0 bridgehead atoms. The van der Waals surface area contributed by atoms with Crippen LogP contribution in [-0.4, -0.2) is 31.7 Å². The SMILES string of the molecule is COc1ccc(NC(=O)N2CCCC2c2cccc(F)c2)cc1OC. The first-order valence-corrected chi connectivity index (χ1v) is 8.17. The lowest BCUT2D eigenvalue weighted by Gasteiger charge is -2.25. The van der Waals surface area contributed by atoms with Crippen LogP contribution >= 0.6 is 0 Å². The summed E-state index contributed by atoms with van der Waals surface area (Å²) >= 11 is 0. The lowest BCUT2D eigenvalue weighted by Crippen LogP contribution is -2.34. The Kier molecular flexibility index (Phi) is 5.07. The highest BCUT2D eigenvalue weighted by molar-refractivity contribution is 5.90. The number of nitrogens with zero attached hydrogens (tertiary/aromatic N) is 1.